The molecule has 1 fully saturated rings. The first kappa shape index (κ1) is 15.6. The van der Waals surface area contributed by atoms with E-state index in [1.807, 2.05) is 24.3 Å². The summed E-state index contributed by atoms with van der Waals surface area (Å²) in [5, 5.41) is 5.96. The molecular weight excluding hydrogens is 266 g/mol. The number of carbonyl (C=O) groups is 1. The van der Waals surface area contributed by atoms with Crippen molar-refractivity contribution in [2.75, 3.05) is 19.0 Å². The van der Waals surface area contributed by atoms with Crippen LogP contribution in [0, 0.1) is 5.92 Å². The summed E-state index contributed by atoms with van der Waals surface area (Å²) in [5.41, 5.74) is 6.41. The highest BCUT2D eigenvalue weighted by Gasteiger charge is 2.38. The molecule has 4 N–H and O–H groups in total. The zero-order chi connectivity index (χ0) is 15.3. The number of hydrogen-bond donors (Lipinski definition) is 3. The van der Waals surface area contributed by atoms with Gasteiger partial charge in [-0.2, -0.15) is 0 Å². The van der Waals surface area contributed by atoms with Crippen LogP contribution in [0.25, 0.3) is 0 Å². The van der Waals surface area contributed by atoms with Gasteiger partial charge < -0.3 is 21.1 Å². The van der Waals surface area contributed by atoms with E-state index < -0.39 is 0 Å². The van der Waals surface area contributed by atoms with E-state index in [-0.39, 0.29) is 11.6 Å². The van der Waals surface area contributed by atoms with Crippen molar-refractivity contribution in [2.45, 2.75) is 38.1 Å². The van der Waals surface area contributed by atoms with E-state index in [4.69, 9.17) is 10.5 Å². The zero-order valence-electron chi connectivity index (χ0n) is 12.8. The molecule has 0 heterocycles. The number of anilines is 1. The molecule has 2 atom stereocenters. The summed E-state index contributed by atoms with van der Waals surface area (Å²) in [6.07, 6.45) is 4.38. The van der Waals surface area contributed by atoms with Crippen molar-refractivity contribution in [1.29, 1.82) is 0 Å². The number of nitrogens with one attached hydrogen (secondary N) is 2. The van der Waals surface area contributed by atoms with Crippen LogP contribution in [0.3, 0.4) is 0 Å². The van der Waals surface area contributed by atoms with Gasteiger partial charge in [-0.15, -0.1) is 0 Å². The van der Waals surface area contributed by atoms with E-state index in [9.17, 15) is 4.79 Å². The van der Waals surface area contributed by atoms with Crippen LogP contribution in [0.1, 0.15) is 32.6 Å². The molecule has 2 amide bonds. The van der Waals surface area contributed by atoms with Gasteiger partial charge in [-0.05, 0) is 43.0 Å². The molecule has 0 radical (unpaired) electrons. The molecule has 1 saturated carbocycles. The summed E-state index contributed by atoms with van der Waals surface area (Å²) in [7, 11) is 1.62. The van der Waals surface area contributed by atoms with Crippen molar-refractivity contribution in [3.05, 3.63) is 24.3 Å². The molecule has 0 spiro atoms. The van der Waals surface area contributed by atoms with Crippen LogP contribution in [-0.2, 0) is 0 Å². The van der Waals surface area contributed by atoms with Gasteiger partial charge in [-0.1, -0.05) is 19.8 Å². The largest absolute Gasteiger partial charge is 0.497 e. The Morgan fingerprint density at radius 1 is 1.38 bits per heavy atom. The standard InChI is InChI=1S/C16H25N3O2/c1-12-5-3-4-10-16(12,11-17)19-15(20)18-13-6-8-14(21-2)9-7-13/h6-9,12H,3-5,10-11,17H2,1-2H3,(H2,18,19,20). The summed E-state index contributed by atoms with van der Waals surface area (Å²) in [6, 6.07) is 7.07. The Morgan fingerprint density at radius 2 is 2.10 bits per heavy atom. The first-order chi connectivity index (χ1) is 10.1. The number of rotatable bonds is 4. The molecule has 0 aromatic heterocycles. The van der Waals surface area contributed by atoms with Crippen molar-refractivity contribution in [3.8, 4) is 5.75 Å². The Kier molecular flexibility index (Phi) is 5.07. The smallest absolute Gasteiger partial charge is 0.319 e. The van der Waals surface area contributed by atoms with Gasteiger partial charge in [0, 0.05) is 12.2 Å². The van der Waals surface area contributed by atoms with Gasteiger partial charge in [0.1, 0.15) is 5.75 Å². The van der Waals surface area contributed by atoms with Gasteiger partial charge in [-0.25, -0.2) is 4.79 Å². The molecule has 5 nitrogen and oxygen atoms in total. The van der Waals surface area contributed by atoms with Crippen LogP contribution in [0.15, 0.2) is 24.3 Å². The molecule has 1 aliphatic rings. The minimum Gasteiger partial charge on any atom is -0.497 e. The zero-order valence-corrected chi connectivity index (χ0v) is 12.8. The minimum absolute atomic E-state index is 0.195. The number of amides is 2. The normalized spacial score (nSPS) is 25.2. The van der Waals surface area contributed by atoms with E-state index in [0.717, 1.165) is 30.7 Å². The van der Waals surface area contributed by atoms with Crippen molar-refractivity contribution in [3.63, 3.8) is 0 Å². The molecule has 2 rings (SSSR count). The topological polar surface area (TPSA) is 76.4 Å². The molecule has 0 bridgehead atoms. The van der Waals surface area contributed by atoms with Crippen LogP contribution in [-0.4, -0.2) is 25.2 Å². The van der Waals surface area contributed by atoms with Crippen molar-refractivity contribution in [1.82, 2.24) is 5.32 Å². The van der Waals surface area contributed by atoms with Crippen molar-refractivity contribution >= 4 is 11.7 Å². The molecule has 2 unspecified atom stereocenters. The first-order valence-electron chi connectivity index (χ1n) is 7.53. The number of urea groups is 1. The van der Waals surface area contributed by atoms with E-state index in [1.54, 1.807) is 7.11 Å². The monoisotopic (exact) mass is 291 g/mol. The highest BCUT2D eigenvalue weighted by atomic mass is 16.5. The van der Waals surface area contributed by atoms with Crippen LogP contribution in [0.4, 0.5) is 10.5 Å². The van der Waals surface area contributed by atoms with Crippen LogP contribution in [0.2, 0.25) is 0 Å². The van der Waals surface area contributed by atoms with Gasteiger partial charge in [0.2, 0.25) is 0 Å². The summed E-state index contributed by atoms with van der Waals surface area (Å²) < 4.78 is 5.10. The van der Waals surface area contributed by atoms with E-state index in [2.05, 4.69) is 17.6 Å². The lowest BCUT2D eigenvalue weighted by Crippen LogP contribution is -2.60. The summed E-state index contributed by atoms with van der Waals surface area (Å²) in [6.45, 7) is 2.64. The first-order valence-corrected chi connectivity index (χ1v) is 7.53. The van der Waals surface area contributed by atoms with Gasteiger partial charge in [0.05, 0.1) is 12.6 Å². The Balaban J connectivity index is 1.99. The maximum Gasteiger partial charge on any atom is 0.319 e. The third-order valence-electron chi connectivity index (χ3n) is 4.53. The third kappa shape index (κ3) is 3.67. The molecule has 0 aliphatic heterocycles. The van der Waals surface area contributed by atoms with E-state index >= 15 is 0 Å². The van der Waals surface area contributed by atoms with Crippen molar-refractivity contribution < 1.29 is 9.53 Å². The van der Waals surface area contributed by atoms with Gasteiger partial charge in [-0.3, -0.25) is 0 Å². The van der Waals surface area contributed by atoms with Gasteiger partial charge in [0.15, 0.2) is 0 Å². The fourth-order valence-electron chi connectivity index (χ4n) is 3.02. The number of hydrogen-bond acceptors (Lipinski definition) is 3. The molecule has 1 aromatic carbocycles. The molecule has 1 aromatic rings. The van der Waals surface area contributed by atoms with Crippen LogP contribution in [0.5, 0.6) is 5.75 Å². The number of methoxy groups -OCH3 is 1. The summed E-state index contributed by atoms with van der Waals surface area (Å²) >= 11 is 0. The summed E-state index contributed by atoms with van der Waals surface area (Å²) in [4.78, 5) is 12.2. The Morgan fingerprint density at radius 3 is 2.67 bits per heavy atom. The lowest BCUT2D eigenvalue weighted by Gasteiger charge is -2.42. The third-order valence-corrected chi connectivity index (χ3v) is 4.53. The number of carbonyl (C=O) groups excluding carboxylic acids is 1. The lowest BCUT2D eigenvalue weighted by molar-refractivity contribution is 0.166. The molecule has 21 heavy (non-hydrogen) atoms. The number of benzene rings is 1. The second-order valence-corrected chi connectivity index (χ2v) is 5.81. The molecule has 5 heteroatoms. The fraction of sp³-hybridized carbons (Fsp3) is 0.562. The second-order valence-electron chi connectivity index (χ2n) is 5.81. The molecule has 1 aliphatic carbocycles. The highest BCUT2D eigenvalue weighted by molar-refractivity contribution is 5.89. The predicted molar refractivity (Wildman–Crippen MR) is 84.6 cm³/mol. The quantitative estimate of drug-likeness (QED) is 0.798. The van der Waals surface area contributed by atoms with Gasteiger partial charge in [0.25, 0.3) is 0 Å². The Labute approximate surface area is 126 Å². The second kappa shape index (κ2) is 6.80. The molecular formula is C16H25N3O2. The van der Waals surface area contributed by atoms with E-state index in [0.29, 0.717) is 12.5 Å². The average molecular weight is 291 g/mol. The van der Waals surface area contributed by atoms with E-state index in [1.165, 1.54) is 6.42 Å². The predicted octanol–water partition coefficient (Wildman–Crippen LogP) is 2.72. The summed E-state index contributed by atoms with van der Waals surface area (Å²) in [5.74, 6) is 1.16. The Bertz CT molecular complexity index is 475. The maximum absolute atomic E-state index is 12.2. The Hall–Kier alpha value is -1.75. The molecule has 116 valence electrons. The van der Waals surface area contributed by atoms with Crippen LogP contribution < -0.4 is 21.1 Å². The lowest BCUT2D eigenvalue weighted by atomic mass is 9.73. The minimum atomic E-state index is -0.283. The average Bonchev–Trinajstić information content (AvgIpc) is 2.50. The molecule has 0 saturated heterocycles. The number of ether oxygens (including phenoxy) is 1. The van der Waals surface area contributed by atoms with Gasteiger partial charge >= 0.3 is 6.03 Å². The SMILES string of the molecule is COc1ccc(NC(=O)NC2(CN)CCCCC2C)cc1. The highest BCUT2D eigenvalue weighted by Crippen LogP contribution is 2.32. The van der Waals surface area contributed by atoms with Crippen molar-refractivity contribution in [2.24, 2.45) is 11.7 Å². The van der Waals surface area contributed by atoms with Crippen LogP contribution >= 0.6 is 0 Å². The maximum atomic E-state index is 12.2. The fourth-order valence-corrected chi connectivity index (χ4v) is 3.02. The number of nitrogens with two attached hydrogens (primary N) is 1.